The van der Waals surface area contributed by atoms with E-state index in [2.05, 4.69) is 4.90 Å². The number of carbonyl (C=O) groups excluding carboxylic acids is 1. The van der Waals surface area contributed by atoms with Crippen molar-refractivity contribution in [1.82, 2.24) is 14.4 Å². The minimum Gasteiger partial charge on any atom is -0.397 e. The molecule has 1 aromatic rings. The number of hydrogen-bond donors (Lipinski definition) is 2. The van der Waals surface area contributed by atoms with Crippen LogP contribution in [0.25, 0.3) is 0 Å². The maximum atomic E-state index is 12.4. The number of aliphatic hydroxyl groups is 1. The van der Waals surface area contributed by atoms with Gasteiger partial charge in [-0.25, -0.2) is 0 Å². The molecule has 2 rings (SSSR count). The SMILES string of the molecule is Cn1cc(N)cc1C(=O)N1CCCN(CCO)CC1. The molecule has 1 fully saturated rings. The second-order valence-electron chi connectivity index (χ2n) is 4.98. The van der Waals surface area contributed by atoms with Crippen molar-refractivity contribution < 1.29 is 9.90 Å². The number of β-amino-alcohol motifs (C(OH)–C–C–N with tert-alkyl or cyclic N) is 1. The smallest absolute Gasteiger partial charge is 0.270 e. The topological polar surface area (TPSA) is 74.7 Å². The highest BCUT2D eigenvalue weighted by atomic mass is 16.3. The number of rotatable bonds is 3. The van der Waals surface area contributed by atoms with Gasteiger partial charge in [-0.3, -0.25) is 9.69 Å². The van der Waals surface area contributed by atoms with E-state index < -0.39 is 0 Å². The molecule has 0 bridgehead atoms. The Hall–Kier alpha value is -1.53. The lowest BCUT2D eigenvalue weighted by atomic mass is 10.3. The quantitative estimate of drug-likeness (QED) is 0.791. The lowest BCUT2D eigenvalue weighted by Crippen LogP contribution is -2.36. The molecular weight excluding hydrogens is 244 g/mol. The molecule has 1 aliphatic rings. The summed E-state index contributed by atoms with van der Waals surface area (Å²) in [6.07, 6.45) is 2.69. The molecule has 1 saturated heterocycles. The Morgan fingerprint density at radius 2 is 2.16 bits per heavy atom. The van der Waals surface area contributed by atoms with E-state index in [1.54, 1.807) is 16.8 Å². The van der Waals surface area contributed by atoms with Crippen LogP contribution in [-0.4, -0.2) is 64.7 Å². The van der Waals surface area contributed by atoms with Crippen LogP contribution in [0.15, 0.2) is 12.3 Å². The van der Waals surface area contributed by atoms with Gasteiger partial charge in [0.1, 0.15) is 5.69 Å². The van der Waals surface area contributed by atoms with Gasteiger partial charge in [-0.1, -0.05) is 0 Å². The van der Waals surface area contributed by atoms with E-state index in [1.807, 2.05) is 11.9 Å². The molecule has 6 nitrogen and oxygen atoms in total. The van der Waals surface area contributed by atoms with Gasteiger partial charge in [0.15, 0.2) is 0 Å². The van der Waals surface area contributed by atoms with Gasteiger partial charge in [-0.05, 0) is 19.0 Å². The molecule has 0 radical (unpaired) electrons. The van der Waals surface area contributed by atoms with Crippen LogP contribution >= 0.6 is 0 Å². The summed E-state index contributed by atoms with van der Waals surface area (Å²) in [6, 6.07) is 1.72. The van der Waals surface area contributed by atoms with E-state index in [1.165, 1.54) is 0 Å². The molecule has 19 heavy (non-hydrogen) atoms. The molecule has 0 aromatic carbocycles. The summed E-state index contributed by atoms with van der Waals surface area (Å²) in [5.74, 6) is 0.0325. The van der Waals surface area contributed by atoms with Crippen molar-refractivity contribution in [3.05, 3.63) is 18.0 Å². The second kappa shape index (κ2) is 6.08. The third-order valence-corrected chi connectivity index (χ3v) is 3.54. The molecule has 106 valence electrons. The van der Waals surface area contributed by atoms with Crippen molar-refractivity contribution in [2.75, 3.05) is 45.1 Å². The van der Waals surface area contributed by atoms with Crippen LogP contribution in [0.5, 0.6) is 0 Å². The zero-order valence-corrected chi connectivity index (χ0v) is 11.4. The summed E-state index contributed by atoms with van der Waals surface area (Å²) < 4.78 is 1.77. The maximum absolute atomic E-state index is 12.4. The first-order valence-corrected chi connectivity index (χ1v) is 6.66. The molecule has 0 spiro atoms. The molecule has 1 amide bonds. The number of nitrogen functional groups attached to an aromatic ring is 1. The van der Waals surface area contributed by atoms with Crippen molar-refractivity contribution in [3.63, 3.8) is 0 Å². The van der Waals surface area contributed by atoms with Gasteiger partial charge in [-0.15, -0.1) is 0 Å². The first-order valence-electron chi connectivity index (χ1n) is 6.66. The Morgan fingerprint density at radius 3 is 2.79 bits per heavy atom. The fourth-order valence-corrected chi connectivity index (χ4v) is 2.50. The minimum absolute atomic E-state index is 0.0325. The fourth-order valence-electron chi connectivity index (χ4n) is 2.50. The summed E-state index contributed by atoms with van der Waals surface area (Å²) in [7, 11) is 1.83. The monoisotopic (exact) mass is 266 g/mol. The van der Waals surface area contributed by atoms with Gasteiger partial charge >= 0.3 is 0 Å². The molecular formula is C13H22N4O2. The first kappa shape index (κ1) is 13.9. The van der Waals surface area contributed by atoms with Crippen LogP contribution in [0.1, 0.15) is 16.9 Å². The van der Waals surface area contributed by atoms with Crippen LogP contribution in [0.3, 0.4) is 0 Å². The van der Waals surface area contributed by atoms with Crippen LogP contribution < -0.4 is 5.73 Å². The Labute approximate surface area is 113 Å². The average molecular weight is 266 g/mol. The highest BCUT2D eigenvalue weighted by Crippen LogP contribution is 2.13. The zero-order chi connectivity index (χ0) is 13.8. The van der Waals surface area contributed by atoms with Crippen LogP contribution in [0.2, 0.25) is 0 Å². The highest BCUT2D eigenvalue weighted by Gasteiger charge is 2.22. The van der Waals surface area contributed by atoms with E-state index in [4.69, 9.17) is 10.8 Å². The number of aryl methyl sites for hydroxylation is 1. The molecule has 3 N–H and O–H groups in total. The molecule has 6 heteroatoms. The molecule has 0 atom stereocenters. The maximum Gasteiger partial charge on any atom is 0.270 e. The summed E-state index contributed by atoms with van der Waals surface area (Å²) in [6.45, 7) is 4.04. The summed E-state index contributed by atoms with van der Waals surface area (Å²) in [5.41, 5.74) is 6.96. The lowest BCUT2D eigenvalue weighted by molar-refractivity contribution is 0.0751. The van der Waals surface area contributed by atoms with Gasteiger partial charge in [-0.2, -0.15) is 0 Å². The standard InChI is InChI=1S/C13H22N4O2/c1-15-10-11(14)9-12(15)13(19)17-4-2-3-16(5-6-17)7-8-18/h9-10,18H,2-8,14H2,1H3. The predicted octanol–water partition coefficient (Wildman–Crippen LogP) is -0.252. The molecule has 0 unspecified atom stereocenters. The summed E-state index contributed by atoms with van der Waals surface area (Å²) in [4.78, 5) is 16.5. The number of nitrogens with two attached hydrogens (primary N) is 1. The van der Waals surface area contributed by atoms with Gasteiger partial charge in [0, 0.05) is 39.4 Å². The van der Waals surface area contributed by atoms with Crippen molar-refractivity contribution in [1.29, 1.82) is 0 Å². The average Bonchev–Trinajstić information content (AvgIpc) is 2.59. The largest absolute Gasteiger partial charge is 0.397 e. The Morgan fingerprint density at radius 1 is 1.37 bits per heavy atom. The fraction of sp³-hybridized carbons (Fsp3) is 0.615. The van der Waals surface area contributed by atoms with Crippen LogP contribution in [0, 0.1) is 0 Å². The third-order valence-electron chi connectivity index (χ3n) is 3.54. The van der Waals surface area contributed by atoms with Crippen molar-refractivity contribution in [2.24, 2.45) is 7.05 Å². The van der Waals surface area contributed by atoms with Crippen molar-refractivity contribution >= 4 is 11.6 Å². The third kappa shape index (κ3) is 3.27. The molecule has 0 aliphatic carbocycles. The first-order chi connectivity index (χ1) is 9.11. The highest BCUT2D eigenvalue weighted by molar-refractivity contribution is 5.93. The second-order valence-corrected chi connectivity index (χ2v) is 4.98. The van der Waals surface area contributed by atoms with E-state index in [-0.39, 0.29) is 12.5 Å². The van der Waals surface area contributed by atoms with Crippen LogP contribution in [-0.2, 0) is 7.05 Å². The molecule has 0 saturated carbocycles. The van der Waals surface area contributed by atoms with Gasteiger partial charge in [0.25, 0.3) is 5.91 Å². The van der Waals surface area contributed by atoms with E-state index in [0.29, 0.717) is 24.5 Å². The molecule has 2 heterocycles. The summed E-state index contributed by atoms with van der Waals surface area (Å²) in [5, 5.41) is 8.96. The van der Waals surface area contributed by atoms with Crippen LogP contribution in [0.4, 0.5) is 5.69 Å². The van der Waals surface area contributed by atoms with Gasteiger partial charge < -0.3 is 20.3 Å². The van der Waals surface area contributed by atoms with Gasteiger partial charge in [0.05, 0.1) is 12.3 Å². The number of aliphatic hydroxyl groups excluding tert-OH is 1. The molecule has 1 aromatic heterocycles. The number of carbonyl (C=O) groups is 1. The number of hydrogen-bond acceptors (Lipinski definition) is 4. The number of aromatic nitrogens is 1. The van der Waals surface area contributed by atoms with Gasteiger partial charge in [0.2, 0.25) is 0 Å². The van der Waals surface area contributed by atoms with Crippen molar-refractivity contribution in [3.8, 4) is 0 Å². The lowest BCUT2D eigenvalue weighted by Gasteiger charge is -2.21. The Balaban J connectivity index is 2.02. The Bertz CT molecular complexity index is 444. The predicted molar refractivity (Wildman–Crippen MR) is 73.9 cm³/mol. The summed E-state index contributed by atoms with van der Waals surface area (Å²) >= 11 is 0. The minimum atomic E-state index is 0.0325. The van der Waals surface area contributed by atoms with E-state index in [0.717, 1.165) is 26.1 Å². The Kier molecular flexibility index (Phi) is 4.44. The number of nitrogens with zero attached hydrogens (tertiary/aromatic N) is 3. The molecule has 1 aliphatic heterocycles. The van der Waals surface area contributed by atoms with Crippen molar-refractivity contribution in [2.45, 2.75) is 6.42 Å². The normalized spacial score (nSPS) is 17.5. The number of amides is 1. The number of anilines is 1. The van der Waals surface area contributed by atoms with E-state index >= 15 is 0 Å². The van der Waals surface area contributed by atoms with E-state index in [9.17, 15) is 4.79 Å². The zero-order valence-electron chi connectivity index (χ0n) is 11.4.